The quantitative estimate of drug-likeness (QED) is 0.928. The Bertz CT molecular complexity index is 736. The molecule has 98 valence electrons. The zero-order chi connectivity index (χ0) is 14.0. The Morgan fingerprint density at radius 2 is 1.58 bits per heavy atom. The van der Waals surface area contributed by atoms with Crippen LogP contribution >= 0.6 is 0 Å². The topological polar surface area (TPSA) is 77.2 Å². The summed E-state index contributed by atoms with van der Waals surface area (Å²) in [6.45, 7) is 0. The standard InChI is InChI=1S/C14H13NO3S/c1-19(17,18)13-7-3-5-11(9-13)10-4-2-6-12(8-10)14(15)16/h2-9H,1H3,(H2,15,16). The van der Waals surface area contributed by atoms with E-state index in [-0.39, 0.29) is 4.90 Å². The van der Waals surface area contributed by atoms with Gasteiger partial charge in [0.15, 0.2) is 9.84 Å². The van der Waals surface area contributed by atoms with Crippen LogP contribution in [0.1, 0.15) is 10.4 Å². The number of carbonyl (C=O) groups is 1. The lowest BCUT2D eigenvalue weighted by atomic mass is 10.0. The average Bonchev–Trinajstić information content (AvgIpc) is 2.38. The number of benzene rings is 2. The van der Waals surface area contributed by atoms with E-state index in [1.165, 1.54) is 6.07 Å². The van der Waals surface area contributed by atoms with Crippen LogP contribution in [0.3, 0.4) is 0 Å². The summed E-state index contributed by atoms with van der Waals surface area (Å²) in [5, 5.41) is 0. The molecule has 5 heteroatoms. The van der Waals surface area contributed by atoms with Crippen molar-refractivity contribution in [1.82, 2.24) is 0 Å². The highest BCUT2D eigenvalue weighted by molar-refractivity contribution is 7.90. The van der Waals surface area contributed by atoms with Crippen molar-refractivity contribution in [3.05, 3.63) is 54.1 Å². The highest BCUT2D eigenvalue weighted by atomic mass is 32.2. The molecule has 19 heavy (non-hydrogen) atoms. The van der Waals surface area contributed by atoms with Gasteiger partial charge in [0.2, 0.25) is 5.91 Å². The number of amides is 1. The first-order valence-corrected chi connectivity index (χ1v) is 7.47. The Hall–Kier alpha value is -2.14. The third-order valence-corrected chi connectivity index (χ3v) is 3.85. The predicted octanol–water partition coefficient (Wildman–Crippen LogP) is 1.86. The molecule has 2 aromatic rings. The van der Waals surface area contributed by atoms with Crippen LogP contribution in [-0.4, -0.2) is 20.6 Å². The van der Waals surface area contributed by atoms with Gasteiger partial charge in [0.1, 0.15) is 0 Å². The Morgan fingerprint density at radius 3 is 2.16 bits per heavy atom. The smallest absolute Gasteiger partial charge is 0.248 e. The molecule has 0 saturated heterocycles. The van der Waals surface area contributed by atoms with Gasteiger partial charge in [-0.2, -0.15) is 0 Å². The number of hydrogen-bond acceptors (Lipinski definition) is 3. The van der Waals surface area contributed by atoms with Crippen LogP contribution in [-0.2, 0) is 9.84 Å². The molecule has 0 fully saturated rings. The van der Waals surface area contributed by atoms with Crippen LogP contribution in [0.2, 0.25) is 0 Å². The summed E-state index contributed by atoms with van der Waals surface area (Å²) < 4.78 is 23.0. The molecule has 0 heterocycles. The fraction of sp³-hybridized carbons (Fsp3) is 0.0714. The van der Waals surface area contributed by atoms with Crippen molar-refractivity contribution < 1.29 is 13.2 Å². The molecule has 0 aliphatic rings. The summed E-state index contributed by atoms with van der Waals surface area (Å²) in [5.74, 6) is -0.513. The lowest BCUT2D eigenvalue weighted by molar-refractivity contribution is 0.100. The first-order valence-electron chi connectivity index (χ1n) is 5.58. The summed E-state index contributed by atoms with van der Waals surface area (Å²) in [5.41, 5.74) is 7.10. The molecule has 0 atom stereocenters. The molecular formula is C14H13NO3S. The maximum atomic E-state index is 11.5. The van der Waals surface area contributed by atoms with E-state index in [0.717, 1.165) is 17.4 Å². The van der Waals surface area contributed by atoms with Crippen molar-refractivity contribution in [3.63, 3.8) is 0 Å². The van der Waals surface area contributed by atoms with Gasteiger partial charge in [0.05, 0.1) is 4.90 Å². The molecule has 4 nitrogen and oxygen atoms in total. The Morgan fingerprint density at radius 1 is 1.00 bits per heavy atom. The number of carbonyl (C=O) groups excluding carboxylic acids is 1. The third-order valence-electron chi connectivity index (χ3n) is 2.74. The van der Waals surface area contributed by atoms with Crippen molar-refractivity contribution in [2.45, 2.75) is 4.90 Å². The molecule has 0 aromatic heterocycles. The first kappa shape index (κ1) is 13.3. The predicted molar refractivity (Wildman–Crippen MR) is 73.5 cm³/mol. The van der Waals surface area contributed by atoms with E-state index in [1.54, 1.807) is 42.5 Å². The summed E-state index contributed by atoms with van der Waals surface area (Å²) in [6.07, 6.45) is 1.16. The minimum Gasteiger partial charge on any atom is -0.366 e. The highest BCUT2D eigenvalue weighted by Crippen LogP contribution is 2.23. The van der Waals surface area contributed by atoms with Gasteiger partial charge in [0, 0.05) is 11.8 Å². The van der Waals surface area contributed by atoms with Crippen molar-refractivity contribution in [2.24, 2.45) is 5.73 Å². The van der Waals surface area contributed by atoms with Crippen LogP contribution in [0.5, 0.6) is 0 Å². The van der Waals surface area contributed by atoms with Gasteiger partial charge < -0.3 is 5.73 Å². The Kier molecular flexibility index (Phi) is 3.40. The minimum absolute atomic E-state index is 0.245. The van der Waals surface area contributed by atoms with Gasteiger partial charge in [-0.3, -0.25) is 4.79 Å². The number of primary amides is 1. The summed E-state index contributed by atoms with van der Waals surface area (Å²) in [7, 11) is -3.25. The van der Waals surface area contributed by atoms with Crippen molar-refractivity contribution in [2.75, 3.05) is 6.26 Å². The number of hydrogen-bond donors (Lipinski definition) is 1. The van der Waals surface area contributed by atoms with Gasteiger partial charge in [-0.1, -0.05) is 24.3 Å². The molecular weight excluding hydrogens is 262 g/mol. The van der Waals surface area contributed by atoms with Gasteiger partial charge in [-0.15, -0.1) is 0 Å². The minimum atomic E-state index is -3.25. The molecule has 0 saturated carbocycles. The summed E-state index contributed by atoms with van der Waals surface area (Å²) in [6, 6.07) is 13.3. The van der Waals surface area contributed by atoms with E-state index < -0.39 is 15.7 Å². The van der Waals surface area contributed by atoms with Crippen LogP contribution in [0.25, 0.3) is 11.1 Å². The molecule has 0 aliphatic carbocycles. The lowest BCUT2D eigenvalue weighted by Crippen LogP contribution is -2.10. The summed E-state index contributed by atoms with van der Waals surface area (Å²) in [4.78, 5) is 11.4. The zero-order valence-corrected chi connectivity index (χ0v) is 11.1. The van der Waals surface area contributed by atoms with E-state index in [0.29, 0.717) is 5.56 Å². The SMILES string of the molecule is CS(=O)(=O)c1cccc(-c2cccc(C(N)=O)c2)c1. The molecule has 0 radical (unpaired) electrons. The van der Waals surface area contributed by atoms with Gasteiger partial charge in [0.25, 0.3) is 0 Å². The van der Waals surface area contributed by atoms with E-state index in [1.807, 2.05) is 0 Å². The average molecular weight is 275 g/mol. The van der Waals surface area contributed by atoms with Crippen LogP contribution in [0.15, 0.2) is 53.4 Å². The molecule has 0 spiro atoms. The maximum absolute atomic E-state index is 11.5. The van der Waals surface area contributed by atoms with Crippen molar-refractivity contribution in [1.29, 1.82) is 0 Å². The molecule has 2 rings (SSSR count). The number of rotatable bonds is 3. The molecule has 0 unspecified atom stereocenters. The van der Waals surface area contributed by atoms with Crippen molar-refractivity contribution >= 4 is 15.7 Å². The van der Waals surface area contributed by atoms with Crippen molar-refractivity contribution in [3.8, 4) is 11.1 Å². The monoisotopic (exact) mass is 275 g/mol. The van der Waals surface area contributed by atoms with Crippen LogP contribution in [0.4, 0.5) is 0 Å². The Labute approximate surface area is 111 Å². The van der Waals surface area contributed by atoms with Gasteiger partial charge in [-0.25, -0.2) is 8.42 Å². The maximum Gasteiger partial charge on any atom is 0.248 e. The van der Waals surface area contributed by atoms with Crippen LogP contribution in [0, 0.1) is 0 Å². The van der Waals surface area contributed by atoms with E-state index in [4.69, 9.17) is 5.73 Å². The van der Waals surface area contributed by atoms with E-state index >= 15 is 0 Å². The van der Waals surface area contributed by atoms with Crippen LogP contribution < -0.4 is 5.73 Å². The zero-order valence-electron chi connectivity index (χ0n) is 10.3. The first-order chi connectivity index (χ1) is 8.88. The second kappa shape index (κ2) is 4.85. The largest absolute Gasteiger partial charge is 0.366 e. The van der Waals surface area contributed by atoms with Gasteiger partial charge in [-0.05, 0) is 35.4 Å². The summed E-state index contributed by atoms with van der Waals surface area (Å²) >= 11 is 0. The van der Waals surface area contributed by atoms with Gasteiger partial charge >= 0.3 is 0 Å². The Balaban J connectivity index is 2.54. The van der Waals surface area contributed by atoms with E-state index in [9.17, 15) is 13.2 Å². The molecule has 0 bridgehead atoms. The normalized spacial score (nSPS) is 11.2. The molecule has 2 aromatic carbocycles. The van der Waals surface area contributed by atoms with E-state index in [2.05, 4.69) is 0 Å². The second-order valence-corrected chi connectivity index (χ2v) is 6.26. The number of sulfone groups is 1. The molecule has 1 amide bonds. The third kappa shape index (κ3) is 3.00. The lowest BCUT2D eigenvalue weighted by Gasteiger charge is -2.05. The second-order valence-electron chi connectivity index (χ2n) is 4.25. The fourth-order valence-corrected chi connectivity index (χ4v) is 2.43. The molecule has 0 aliphatic heterocycles. The number of nitrogens with two attached hydrogens (primary N) is 1. The fourth-order valence-electron chi connectivity index (χ4n) is 1.76. The molecule has 2 N–H and O–H groups in total. The highest BCUT2D eigenvalue weighted by Gasteiger charge is 2.09.